The highest BCUT2D eigenvalue weighted by atomic mass is 35.5. The number of aromatic nitrogens is 2. The van der Waals surface area contributed by atoms with Crippen molar-refractivity contribution in [1.29, 1.82) is 0 Å². The summed E-state index contributed by atoms with van der Waals surface area (Å²) in [5.41, 5.74) is 8.05. The molecule has 0 fully saturated rings. The number of carbonyl (C=O) groups is 1. The Morgan fingerprint density at radius 2 is 2.23 bits per heavy atom. The van der Waals surface area contributed by atoms with Gasteiger partial charge in [-0.15, -0.1) is 0 Å². The van der Waals surface area contributed by atoms with Gasteiger partial charge in [-0.2, -0.15) is 4.79 Å². The molecule has 0 unspecified atom stereocenters. The van der Waals surface area contributed by atoms with Gasteiger partial charge in [0.1, 0.15) is 10.8 Å². The molecule has 1 aromatic heterocycles. The maximum Gasteiger partial charge on any atom is 0.329 e. The normalized spacial score (nSPS) is 9.08. The topological polar surface area (TPSA) is 79.3 Å². The van der Waals surface area contributed by atoms with E-state index < -0.39 is 5.78 Å². The van der Waals surface area contributed by atoms with Crippen molar-refractivity contribution >= 4 is 35.2 Å². The molecular weight excluding hydrogens is 215 g/mol. The highest BCUT2D eigenvalue weighted by Gasteiger charge is 2.11. The molecule has 5 nitrogen and oxygen atoms in total. The molecule has 0 aliphatic carbocycles. The first kappa shape index (κ1) is 9.80. The first-order chi connectivity index (χ1) is 6.13. The minimum absolute atomic E-state index is 0.0252. The minimum atomic E-state index is -0.603. The lowest BCUT2D eigenvalue weighted by molar-refractivity contribution is 0.00230. The summed E-state index contributed by atoms with van der Waals surface area (Å²) in [4.78, 5) is 20.7. The number of nitrogens with zero attached hydrogens (tertiary/aromatic N) is 4. The monoisotopic (exact) mass is 216 g/mol. The van der Waals surface area contributed by atoms with E-state index in [0.717, 1.165) is 0 Å². The molecule has 0 radical (unpaired) electrons. The first-order valence-corrected chi connectivity index (χ1v) is 3.81. The van der Waals surface area contributed by atoms with Crippen LogP contribution < -0.4 is 0 Å². The smallest absolute Gasteiger partial charge is 0.329 e. The van der Waals surface area contributed by atoms with E-state index in [0.29, 0.717) is 6.21 Å². The zero-order valence-corrected chi connectivity index (χ0v) is 7.62. The molecule has 1 heterocycles. The highest BCUT2D eigenvalue weighted by molar-refractivity contribution is 6.35. The number of rotatable bonds is 2. The van der Waals surface area contributed by atoms with Crippen LogP contribution in [0.2, 0.25) is 10.4 Å². The van der Waals surface area contributed by atoms with Crippen LogP contribution in [0.3, 0.4) is 0 Å². The molecule has 0 bridgehead atoms. The van der Waals surface area contributed by atoms with E-state index >= 15 is 0 Å². The summed E-state index contributed by atoms with van der Waals surface area (Å²) in [6.45, 7) is 0. The number of carbonyl (C=O) groups excluding carboxylic acids is 1. The van der Waals surface area contributed by atoms with Crippen LogP contribution in [0.5, 0.6) is 0 Å². The lowest BCUT2D eigenvalue weighted by Crippen LogP contribution is -2.04. The van der Waals surface area contributed by atoms with Gasteiger partial charge in [-0.25, -0.2) is 9.97 Å². The van der Waals surface area contributed by atoms with Gasteiger partial charge in [0.05, 0.1) is 0 Å². The van der Waals surface area contributed by atoms with Gasteiger partial charge in [-0.1, -0.05) is 11.6 Å². The Labute approximate surface area is 83.0 Å². The van der Waals surface area contributed by atoms with Gasteiger partial charge < -0.3 is 5.53 Å². The number of ketones is 1. The van der Waals surface area contributed by atoms with Crippen LogP contribution in [0, 0.1) is 0 Å². The molecule has 0 aromatic carbocycles. The van der Waals surface area contributed by atoms with Gasteiger partial charge in [0.25, 0.3) is 5.78 Å². The van der Waals surface area contributed by atoms with E-state index in [-0.39, 0.29) is 16.1 Å². The first-order valence-electron chi connectivity index (χ1n) is 3.05. The molecule has 0 N–H and O–H groups in total. The van der Waals surface area contributed by atoms with Crippen LogP contribution in [-0.2, 0) is 0 Å². The van der Waals surface area contributed by atoms with E-state index in [1.54, 1.807) is 0 Å². The number of halogens is 2. The molecule has 0 saturated carbocycles. The van der Waals surface area contributed by atoms with Crippen LogP contribution in [0.4, 0.5) is 0 Å². The molecule has 1 rings (SSSR count). The lowest BCUT2D eigenvalue weighted by Gasteiger charge is -1.93. The SMILES string of the molecule is [N-]=[N+]=CC(=O)c1cc(Cl)nc(Cl)n1. The minimum Gasteiger partial charge on any atom is -0.361 e. The second-order valence-electron chi connectivity index (χ2n) is 1.95. The van der Waals surface area contributed by atoms with Gasteiger partial charge >= 0.3 is 6.21 Å². The maximum atomic E-state index is 11.0. The average molecular weight is 217 g/mol. The zero-order valence-electron chi connectivity index (χ0n) is 6.11. The largest absolute Gasteiger partial charge is 0.361 e. The van der Waals surface area contributed by atoms with Crippen LogP contribution in [0.25, 0.3) is 5.53 Å². The third-order valence-electron chi connectivity index (χ3n) is 1.10. The molecule has 0 aliphatic heterocycles. The van der Waals surface area contributed by atoms with Gasteiger partial charge in [-0.05, 0) is 11.6 Å². The van der Waals surface area contributed by atoms with E-state index in [2.05, 4.69) is 14.8 Å². The Kier molecular flexibility index (Phi) is 3.08. The molecule has 13 heavy (non-hydrogen) atoms. The van der Waals surface area contributed by atoms with E-state index in [1.165, 1.54) is 6.07 Å². The Hall–Kier alpha value is -1.29. The highest BCUT2D eigenvalue weighted by Crippen LogP contribution is 2.10. The van der Waals surface area contributed by atoms with Crippen molar-refractivity contribution in [3.8, 4) is 0 Å². The van der Waals surface area contributed by atoms with Gasteiger partial charge in [0.15, 0.2) is 0 Å². The summed E-state index contributed by atoms with van der Waals surface area (Å²) in [6, 6.07) is 1.22. The fraction of sp³-hybridized carbons (Fsp3) is 0. The molecule has 7 heteroatoms. The van der Waals surface area contributed by atoms with Crippen LogP contribution >= 0.6 is 23.2 Å². The van der Waals surface area contributed by atoms with E-state index in [1.807, 2.05) is 0 Å². The Bertz CT molecular complexity index is 379. The van der Waals surface area contributed by atoms with Crippen LogP contribution in [0.1, 0.15) is 10.5 Å². The number of hydrogen-bond acceptors (Lipinski definition) is 3. The van der Waals surface area contributed by atoms with E-state index in [4.69, 9.17) is 28.7 Å². The van der Waals surface area contributed by atoms with Gasteiger partial charge in [-0.3, -0.25) is 4.79 Å². The van der Waals surface area contributed by atoms with Crippen molar-refractivity contribution in [2.45, 2.75) is 0 Å². The molecule has 0 spiro atoms. The van der Waals surface area contributed by atoms with Crippen LogP contribution in [0.15, 0.2) is 6.07 Å². The molecule has 0 aliphatic rings. The predicted octanol–water partition coefficient (Wildman–Crippen LogP) is 1.27. The molecule has 0 amide bonds. The molecule has 0 atom stereocenters. The maximum absolute atomic E-state index is 11.0. The molecule has 1 aromatic rings. The molecule has 0 saturated heterocycles. The zero-order chi connectivity index (χ0) is 9.84. The summed E-state index contributed by atoms with van der Waals surface area (Å²) in [6.07, 6.45) is 0.689. The molecular formula is C6H2Cl2N4O. The summed E-state index contributed by atoms with van der Waals surface area (Å²) in [7, 11) is 0. The second-order valence-corrected chi connectivity index (χ2v) is 2.68. The fourth-order valence-electron chi connectivity index (χ4n) is 0.635. The van der Waals surface area contributed by atoms with Crippen molar-refractivity contribution in [3.63, 3.8) is 0 Å². The van der Waals surface area contributed by atoms with E-state index in [9.17, 15) is 4.79 Å². The van der Waals surface area contributed by atoms with Crippen molar-refractivity contribution in [2.24, 2.45) is 0 Å². The number of Topliss-reactive ketones (excluding diaryl/α,β-unsaturated/α-hetero) is 1. The summed E-state index contributed by atoms with van der Waals surface area (Å²) in [5, 5.41) is -0.0862. The quantitative estimate of drug-likeness (QED) is 0.187. The van der Waals surface area contributed by atoms with Crippen molar-refractivity contribution < 1.29 is 9.58 Å². The van der Waals surface area contributed by atoms with Crippen LogP contribution in [-0.4, -0.2) is 26.8 Å². The Balaban J connectivity index is 3.15. The summed E-state index contributed by atoms with van der Waals surface area (Å²) < 4.78 is 0. The fourth-order valence-corrected chi connectivity index (χ4v) is 1.04. The predicted molar refractivity (Wildman–Crippen MR) is 46.1 cm³/mol. The third kappa shape index (κ3) is 2.59. The van der Waals surface area contributed by atoms with Gasteiger partial charge in [0, 0.05) is 6.07 Å². The second kappa shape index (κ2) is 4.09. The Morgan fingerprint density at radius 3 is 2.77 bits per heavy atom. The third-order valence-corrected chi connectivity index (χ3v) is 1.46. The van der Waals surface area contributed by atoms with Crippen molar-refractivity contribution in [3.05, 3.63) is 27.7 Å². The average Bonchev–Trinajstić information content (AvgIpc) is 2.03. The molecule has 66 valence electrons. The van der Waals surface area contributed by atoms with Crippen molar-refractivity contribution in [2.75, 3.05) is 0 Å². The standard InChI is InChI=1S/C6H2Cl2N4O/c7-5-1-3(4(13)2-10-9)11-6(8)12-5/h1-2H. The van der Waals surface area contributed by atoms with Gasteiger partial charge in [0.2, 0.25) is 5.28 Å². The lowest BCUT2D eigenvalue weighted by atomic mass is 10.3. The number of hydrogen-bond donors (Lipinski definition) is 0. The summed E-state index contributed by atoms with van der Waals surface area (Å²) in [5.74, 6) is -0.603. The Morgan fingerprint density at radius 1 is 1.54 bits per heavy atom. The summed E-state index contributed by atoms with van der Waals surface area (Å²) >= 11 is 10.9. The van der Waals surface area contributed by atoms with Crippen molar-refractivity contribution in [1.82, 2.24) is 9.97 Å².